The van der Waals surface area contributed by atoms with Crippen LogP contribution in [0.3, 0.4) is 0 Å². The van der Waals surface area contributed by atoms with Gasteiger partial charge >= 0.3 is 0 Å². The van der Waals surface area contributed by atoms with Crippen LogP contribution in [0.4, 0.5) is 5.82 Å². The van der Waals surface area contributed by atoms with E-state index in [-0.39, 0.29) is 23.8 Å². The molecule has 2 aromatic heterocycles. The summed E-state index contributed by atoms with van der Waals surface area (Å²) < 4.78 is 9.24. The largest absolute Gasteiger partial charge is 0.372 e. The van der Waals surface area contributed by atoms with Gasteiger partial charge in [0, 0.05) is 62.4 Å². The number of nitrogens with zero attached hydrogens (tertiary/aromatic N) is 6. The number of carbonyl (C=O) groups excluding carboxylic acids is 3. The van der Waals surface area contributed by atoms with Gasteiger partial charge in [0.15, 0.2) is 0 Å². The summed E-state index contributed by atoms with van der Waals surface area (Å²) in [5.74, 6) is 0.254. The minimum Gasteiger partial charge on any atom is -0.372 e. The van der Waals surface area contributed by atoms with E-state index in [0.29, 0.717) is 49.0 Å². The Bertz CT molecular complexity index is 1830. The summed E-state index contributed by atoms with van der Waals surface area (Å²) in [5.41, 5.74) is 3.90. The SMILES string of the molecule is C=C(C(=O)NCc1ccccc1)C(C)N1CC2CC(C1)O2.CCN1C(=O)C(NC(=O)c2ccn(C3CC3)n2)Cc2cnn(-c3ccccc3)c21. The summed E-state index contributed by atoms with van der Waals surface area (Å²) in [6.45, 7) is 10.8. The van der Waals surface area contributed by atoms with Gasteiger partial charge in [-0.05, 0) is 50.5 Å². The molecule has 50 heavy (non-hydrogen) atoms. The third-order valence-electron chi connectivity index (χ3n) is 9.87. The zero-order valence-electron chi connectivity index (χ0n) is 28.6. The van der Waals surface area contributed by atoms with Crippen molar-refractivity contribution in [2.45, 2.75) is 76.4 Å². The number of hydrogen-bond donors (Lipinski definition) is 2. The Kier molecular flexibility index (Phi) is 9.64. The van der Waals surface area contributed by atoms with Crippen LogP contribution in [-0.2, 0) is 27.3 Å². The number of hydrogen-bond acceptors (Lipinski definition) is 7. The van der Waals surface area contributed by atoms with E-state index in [0.717, 1.165) is 55.0 Å². The molecule has 0 spiro atoms. The fourth-order valence-corrected chi connectivity index (χ4v) is 6.82. The summed E-state index contributed by atoms with van der Waals surface area (Å²) in [7, 11) is 0. The third kappa shape index (κ3) is 7.12. The van der Waals surface area contributed by atoms with Gasteiger partial charge in [-0.2, -0.15) is 10.2 Å². The highest BCUT2D eigenvalue weighted by atomic mass is 16.5. The van der Waals surface area contributed by atoms with E-state index in [1.54, 1.807) is 21.8 Å². The van der Waals surface area contributed by atoms with Crippen molar-refractivity contribution in [2.75, 3.05) is 24.5 Å². The molecule has 1 saturated carbocycles. The Hall–Kier alpha value is -5.07. The minimum absolute atomic E-state index is 0.0634. The lowest BCUT2D eigenvalue weighted by molar-refractivity contribution is -0.185. The fraction of sp³-hybridized carbons (Fsp3) is 0.395. The molecular formula is C38H44N8O4. The fourth-order valence-electron chi connectivity index (χ4n) is 6.82. The maximum atomic E-state index is 13.1. The number of aromatic nitrogens is 4. The molecule has 260 valence electrons. The van der Waals surface area contributed by atoms with Gasteiger partial charge in [0.2, 0.25) is 5.91 Å². The van der Waals surface area contributed by atoms with Gasteiger partial charge in [0.05, 0.1) is 30.1 Å². The van der Waals surface area contributed by atoms with Crippen molar-refractivity contribution in [1.29, 1.82) is 0 Å². The first-order valence-electron chi connectivity index (χ1n) is 17.5. The highest BCUT2D eigenvalue weighted by Crippen LogP contribution is 2.34. The summed E-state index contributed by atoms with van der Waals surface area (Å²) in [6.07, 6.45) is 8.08. The topological polar surface area (TPSA) is 127 Å². The lowest BCUT2D eigenvalue weighted by Crippen LogP contribution is -2.60. The Morgan fingerprint density at radius 3 is 2.36 bits per heavy atom. The average Bonchev–Trinajstić information content (AvgIpc) is 3.71. The number of benzene rings is 2. The number of morpholine rings is 1. The van der Waals surface area contributed by atoms with Crippen LogP contribution >= 0.6 is 0 Å². The van der Waals surface area contributed by atoms with Crippen LogP contribution in [-0.4, -0.2) is 86.1 Å². The molecule has 0 radical (unpaired) electrons. The average molecular weight is 677 g/mol. The molecule has 12 nitrogen and oxygen atoms in total. The van der Waals surface area contributed by atoms with Crippen LogP contribution in [0.5, 0.6) is 0 Å². The lowest BCUT2D eigenvalue weighted by atomic mass is 9.95. The zero-order chi connectivity index (χ0) is 34.8. The molecule has 4 fully saturated rings. The van der Waals surface area contributed by atoms with E-state index in [2.05, 4.69) is 39.2 Å². The number of rotatable bonds is 10. The smallest absolute Gasteiger partial charge is 0.272 e. The van der Waals surface area contributed by atoms with Crippen LogP contribution in [0.25, 0.3) is 5.69 Å². The molecule has 4 unspecified atom stereocenters. The molecule has 4 aliphatic heterocycles. The molecule has 3 amide bonds. The maximum Gasteiger partial charge on any atom is 0.272 e. The number of para-hydroxylation sites is 1. The van der Waals surface area contributed by atoms with Gasteiger partial charge in [-0.3, -0.25) is 28.9 Å². The standard InChI is InChI=1S/C21H22N6O2.C17H22N2O2/c1-2-25-20-14(13-22-27(20)16-6-4-3-5-7-16)12-18(21(25)29)23-19(28)17-10-11-26(24-17)15-8-9-15;1-12(13(2)19-10-15-8-16(11-19)21-15)17(20)18-9-14-6-4-3-5-7-14/h3-7,10-11,13,15,18H,2,8-9,12H2,1H3,(H,23,28);3-7,13,15-16H,1,8-11H2,2H3,(H,18,20). The predicted octanol–water partition coefficient (Wildman–Crippen LogP) is 3.83. The highest BCUT2D eigenvalue weighted by Gasteiger charge is 2.41. The first kappa shape index (κ1) is 33.4. The van der Waals surface area contributed by atoms with Crippen LogP contribution < -0.4 is 15.5 Å². The second-order valence-corrected chi connectivity index (χ2v) is 13.4. The molecule has 2 N–H and O–H groups in total. The number of piperidine rings is 1. The van der Waals surface area contributed by atoms with Crippen molar-refractivity contribution < 1.29 is 19.1 Å². The second-order valence-electron chi connectivity index (χ2n) is 13.4. The summed E-state index contributed by atoms with van der Waals surface area (Å²) in [5, 5.41) is 14.7. The molecular weight excluding hydrogens is 632 g/mol. The number of nitrogens with one attached hydrogen (secondary N) is 2. The highest BCUT2D eigenvalue weighted by molar-refractivity contribution is 6.03. The molecule has 12 heteroatoms. The number of anilines is 1. The van der Waals surface area contributed by atoms with Gasteiger partial charge in [-0.1, -0.05) is 55.1 Å². The minimum atomic E-state index is -0.630. The third-order valence-corrected chi connectivity index (χ3v) is 9.87. The Balaban J connectivity index is 0.000000166. The maximum absolute atomic E-state index is 13.1. The van der Waals surface area contributed by atoms with Crippen molar-refractivity contribution in [2.24, 2.45) is 0 Å². The van der Waals surface area contributed by atoms with Gasteiger partial charge in [0.1, 0.15) is 17.6 Å². The summed E-state index contributed by atoms with van der Waals surface area (Å²) in [4.78, 5) is 42.0. The molecule has 9 rings (SSSR count). The van der Waals surface area contributed by atoms with Gasteiger partial charge in [0.25, 0.3) is 11.8 Å². The van der Waals surface area contributed by atoms with Gasteiger partial charge in [-0.15, -0.1) is 0 Å². The van der Waals surface area contributed by atoms with Crippen molar-refractivity contribution in [3.05, 3.63) is 108 Å². The monoisotopic (exact) mass is 676 g/mol. The van der Waals surface area contributed by atoms with Crippen molar-refractivity contribution in [3.63, 3.8) is 0 Å². The lowest BCUT2D eigenvalue weighted by Gasteiger charge is -2.49. The zero-order valence-corrected chi connectivity index (χ0v) is 28.6. The van der Waals surface area contributed by atoms with Crippen molar-refractivity contribution in [3.8, 4) is 5.69 Å². The normalized spacial score (nSPS) is 21.6. The van der Waals surface area contributed by atoms with Gasteiger partial charge in [-0.25, -0.2) is 4.68 Å². The van der Waals surface area contributed by atoms with Crippen LogP contribution in [0, 0.1) is 0 Å². The molecule has 2 bridgehead atoms. The molecule has 4 aromatic rings. The molecule has 1 aliphatic carbocycles. The van der Waals surface area contributed by atoms with E-state index in [1.165, 1.54) is 0 Å². The van der Waals surface area contributed by atoms with E-state index in [4.69, 9.17) is 4.74 Å². The quantitative estimate of drug-likeness (QED) is 0.245. The Morgan fingerprint density at radius 1 is 1.02 bits per heavy atom. The Morgan fingerprint density at radius 2 is 1.70 bits per heavy atom. The van der Waals surface area contributed by atoms with Crippen LogP contribution in [0.1, 0.15) is 60.8 Å². The van der Waals surface area contributed by atoms with Gasteiger partial charge < -0.3 is 15.4 Å². The number of amides is 3. The number of carbonyl (C=O) groups is 3. The second kappa shape index (κ2) is 14.4. The van der Waals surface area contributed by atoms with E-state index < -0.39 is 6.04 Å². The predicted molar refractivity (Wildman–Crippen MR) is 189 cm³/mol. The Labute approximate surface area is 292 Å². The van der Waals surface area contributed by atoms with Crippen LogP contribution in [0.2, 0.25) is 0 Å². The first-order chi connectivity index (χ1) is 24.3. The molecule has 6 heterocycles. The van der Waals surface area contributed by atoms with E-state index in [9.17, 15) is 14.4 Å². The number of ether oxygens (including phenoxy) is 1. The van der Waals surface area contributed by atoms with E-state index in [1.807, 2.05) is 78.5 Å². The molecule has 4 atom stereocenters. The molecule has 5 aliphatic rings. The van der Waals surface area contributed by atoms with Crippen molar-refractivity contribution >= 4 is 23.5 Å². The van der Waals surface area contributed by atoms with Crippen molar-refractivity contribution in [1.82, 2.24) is 35.1 Å². The number of likely N-dealkylation sites (N-methyl/N-ethyl adjacent to an activating group) is 1. The number of fused-ring (bicyclic) bond motifs is 3. The molecule has 2 aromatic carbocycles. The summed E-state index contributed by atoms with van der Waals surface area (Å²) in [6, 6.07) is 21.2. The first-order valence-corrected chi connectivity index (χ1v) is 17.5. The van der Waals surface area contributed by atoms with E-state index >= 15 is 0 Å². The van der Waals surface area contributed by atoms with Crippen LogP contribution in [0.15, 0.2) is 91.3 Å². The molecule has 3 saturated heterocycles. The summed E-state index contributed by atoms with van der Waals surface area (Å²) >= 11 is 0.